The molecule has 4 nitrogen and oxygen atoms in total. The van der Waals surface area contributed by atoms with Gasteiger partial charge in [0.2, 0.25) is 0 Å². The molecule has 50 valence electrons. The van der Waals surface area contributed by atoms with Gasteiger partial charge in [0.05, 0.1) is 5.56 Å². The van der Waals surface area contributed by atoms with Gasteiger partial charge in [-0.05, 0) is 0 Å². The number of oxazole rings is 1. The normalized spacial score (nSPS) is 10.4. The van der Waals surface area contributed by atoms with Crippen LogP contribution >= 0.6 is 0 Å². The van der Waals surface area contributed by atoms with Crippen LogP contribution in [0.2, 0.25) is 0 Å². The average Bonchev–Trinajstić information content (AvgIpc) is 2.44. The Balaban J connectivity index is 2.88. The Labute approximate surface area is 56.4 Å². The Morgan fingerprint density at radius 3 is 3.40 bits per heavy atom. The van der Waals surface area contributed by atoms with Crippen molar-refractivity contribution in [1.29, 1.82) is 5.41 Å². The Bertz CT molecular complexity index is 360. The maximum absolute atomic E-state index is 6.95. The molecule has 0 aromatic carbocycles. The lowest BCUT2D eigenvalue weighted by Gasteiger charge is -1.76. The smallest absolute Gasteiger partial charge is 0.183 e. The number of fused-ring (bicyclic) bond motifs is 1. The molecule has 2 rings (SSSR count). The van der Waals surface area contributed by atoms with Crippen LogP contribution in [-0.4, -0.2) is 16.2 Å². The van der Waals surface area contributed by atoms with Crippen LogP contribution in [0.1, 0.15) is 5.56 Å². The Kier molecular flexibility index (Phi) is 0.887. The highest BCUT2D eigenvalue weighted by Gasteiger charge is 2.03. The van der Waals surface area contributed by atoms with Gasteiger partial charge < -0.3 is 14.8 Å². The van der Waals surface area contributed by atoms with Crippen LogP contribution in [0.15, 0.2) is 17.0 Å². The highest BCUT2D eigenvalue weighted by molar-refractivity contribution is 5.92. The zero-order valence-corrected chi connectivity index (χ0v) is 5.09. The third-order valence-corrected chi connectivity index (χ3v) is 1.35. The van der Waals surface area contributed by atoms with Crippen LogP contribution in [0.4, 0.5) is 0 Å². The first-order valence-electron chi connectivity index (χ1n) is 2.83. The van der Waals surface area contributed by atoms with E-state index < -0.39 is 0 Å². The molecule has 0 bridgehead atoms. The number of aromatic nitrogens is 2. The molecule has 4 heteroatoms. The zero-order chi connectivity index (χ0) is 6.97. The maximum Gasteiger partial charge on any atom is 0.183 e. The van der Waals surface area contributed by atoms with Crippen LogP contribution in [-0.2, 0) is 0 Å². The number of nitrogens with one attached hydrogen (secondary N) is 2. The van der Waals surface area contributed by atoms with Crippen molar-refractivity contribution in [3.63, 3.8) is 0 Å². The van der Waals surface area contributed by atoms with Gasteiger partial charge in [-0.15, -0.1) is 0 Å². The van der Waals surface area contributed by atoms with E-state index in [1.165, 1.54) is 12.6 Å². The summed E-state index contributed by atoms with van der Waals surface area (Å²) in [5, 5.41) is 6.95. The monoisotopic (exact) mass is 135 g/mol. The van der Waals surface area contributed by atoms with Gasteiger partial charge in [-0.2, -0.15) is 4.98 Å². The number of nitrogens with zero attached hydrogens (tertiary/aromatic N) is 1. The lowest BCUT2D eigenvalue weighted by atomic mass is 10.3. The molecule has 0 aliphatic heterocycles. The van der Waals surface area contributed by atoms with Gasteiger partial charge in [0.25, 0.3) is 0 Å². The summed E-state index contributed by atoms with van der Waals surface area (Å²) < 4.78 is 4.99. The predicted molar refractivity (Wildman–Crippen MR) is 36.2 cm³/mol. The molecule has 2 heterocycles. The van der Waals surface area contributed by atoms with Crippen LogP contribution in [0.25, 0.3) is 11.2 Å². The highest BCUT2D eigenvalue weighted by Crippen LogP contribution is 2.13. The zero-order valence-electron chi connectivity index (χ0n) is 5.09. The van der Waals surface area contributed by atoms with Gasteiger partial charge in [-0.25, -0.2) is 0 Å². The SMILES string of the molecule is N=Cc1c[nH]c2ncoc12. The van der Waals surface area contributed by atoms with Crippen molar-refractivity contribution >= 4 is 17.4 Å². The van der Waals surface area contributed by atoms with Crippen molar-refractivity contribution in [2.75, 3.05) is 0 Å². The largest absolute Gasteiger partial charge is 0.441 e. The van der Waals surface area contributed by atoms with Crippen molar-refractivity contribution in [1.82, 2.24) is 9.97 Å². The Morgan fingerprint density at radius 1 is 1.70 bits per heavy atom. The minimum Gasteiger partial charge on any atom is -0.441 e. The van der Waals surface area contributed by atoms with Gasteiger partial charge in [-0.1, -0.05) is 0 Å². The maximum atomic E-state index is 6.95. The Hall–Kier alpha value is -1.58. The quantitative estimate of drug-likeness (QED) is 0.576. The number of hydrogen-bond acceptors (Lipinski definition) is 3. The number of rotatable bonds is 1. The summed E-state index contributed by atoms with van der Waals surface area (Å²) in [5.41, 5.74) is 2.07. The first-order valence-corrected chi connectivity index (χ1v) is 2.83. The molecule has 0 saturated carbocycles. The lowest BCUT2D eigenvalue weighted by Crippen LogP contribution is -1.69. The molecule has 0 fully saturated rings. The minimum atomic E-state index is 0.648. The molecule has 0 unspecified atom stereocenters. The molecule has 2 aromatic heterocycles. The van der Waals surface area contributed by atoms with E-state index in [9.17, 15) is 0 Å². The summed E-state index contributed by atoms with van der Waals surface area (Å²) in [6, 6.07) is 0. The molecule has 10 heavy (non-hydrogen) atoms. The molecule has 0 aliphatic rings. The fraction of sp³-hybridized carbons (Fsp3) is 0. The van der Waals surface area contributed by atoms with E-state index >= 15 is 0 Å². The van der Waals surface area contributed by atoms with E-state index in [-0.39, 0.29) is 0 Å². The van der Waals surface area contributed by atoms with E-state index in [1.54, 1.807) is 6.20 Å². The third-order valence-electron chi connectivity index (χ3n) is 1.35. The van der Waals surface area contributed by atoms with Gasteiger partial charge in [-0.3, -0.25) is 0 Å². The second-order valence-electron chi connectivity index (χ2n) is 1.92. The summed E-state index contributed by atoms with van der Waals surface area (Å²) in [6.45, 7) is 0. The molecule has 2 N–H and O–H groups in total. The van der Waals surface area contributed by atoms with Crippen molar-refractivity contribution in [2.24, 2.45) is 0 Å². The molecular weight excluding hydrogens is 130 g/mol. The van der Waals surface area contributed by atoms with E-state index in [1.807, 2.05) is 0 Å². The first-order chi connectivity index (χ1) is 4.92. The number of hydrogen-bond donors (Lipinski definition) is 2. The molecule has 0 amide bonds. The molecular formula is C6H5N3O. The fourth-order valence-corrected chi connectivity index (χ4v) is 0.873. The fourth-order valence-electron chi connectivity index (χ4n) is 0.873. The topological polar surface area (TPSA) is 65.7 Å². The van der Waals surface area contributed by atoms with E-state index in [0.29, 0.717) is 11.2 Å². The minimum absolute atomic E-state index is 0.648. The Morgan fingerprint density at radius 2 is 2.60 bits per heavy atom. The average molecular weight is 135 g/mol. The van der Waals surface area contributed by atoms with Crippen molar-refractivity contribution in [2.45, 2.75) is 0 Å². The highest BCUT2D eigenvalue weighted by atomic mass is 16.3. The molecule has 0 atom stereocenters. The first kappa shape index (κ1) is 5.22. The summed E-state index contributed by atoms with van der Waals surface area (Å²) in [6.07, 6.45) is 4.27. The van der Waals surface area contributed by atoms with E-state index in [4.69, 9.17) is 9.83 Å². The van der Waals surface area contributed by atoms with Crippen LogP contribution < -0.4 is 0 Å². The molecule has 0 aliphatic carbocycles. The van der Waals surface area contributed by atoms with Gasteiger partial charge in [0, 0.05) is 12.4 Å². The summed E-state index contributed by atoms with van der Waals surface area (Å²) in [7, 11) is 0. The summed E-state index contributed by atoms with van der Waals surface area (Å²) in [5.74, 6) is 0. The lowest BCUT2D eigenvalue weighted by molar-refractivity contribution is 0.602. The number of H-pyrrole nitrogens is 1. The van der Waals surface area contributed by atoms with Crippen molar-refractivity contribution in [3.05, 3.63) is 18.2 Å². The molecule has 0 saturated heterocycles. The van der Waals surface area contributed by atoms with Crippen molar-refractivity contribution in [3.8, 4) is 0 Å². The van der Waals surface area contributed by atoms with Gasteiger partial charge >= 0.3 is 0 Å². The molecule has 0 spiro atoms. The van der Waals surface area contributed by atoms with Gasteiger partial charge in [0.1, 0.15) is 0 Å². The molecule has 2 aromatic rings. The predicted octanol–water partition coefficient (Wildman–Crippen LogP) is 1.15. The second kappa shape index (κ2) is 1.70. The van der Waals surface area contributed by atoms with Crippen LogP contribution in [0.3, 0.4) is 0 Å². The third kappa shape index (κ3) is 0.500. The van der Waals surface area contributed by atoms with E-state index in [2.05, 4.69) is 9.97 Å². The summed E-state index contributed by atoms with van der Waals surface area (Å²) in [4.78, 5) is 6.72. The van der Waals surface area contributed by atoms with E-state index in [0.717, 1.165) is 5.56 Å². The van der Waals surface area contributed by atoms with Crippen molar-refractivity contribution < 1.29 is 4.42 Å². The standard InChI is InChI=1S/C6H5N3O/c7-1-4-2-8-6-5(4)10-3-9-6/h1-3,7-8H. The number of aromatic amines is 1. The summed E-state index contributed by atoms with van der Waals surface area (Å²) >= 11 is 0. The molecule has 0 radical (unpaired) electrons. The van der Waals surface area contributed by atoms with Crippen LogP contribution in [0.5, 0.6) is 0 Å². The van der Waals surface area contributed by atoms with Crippen LogP contribution in [0, 0.1) is 5.41 Å². The van der Waals surface area contributed by atoms with Gasteiger partial charge in [0.15, 0.2) is 17.6 Å². The second-order valence-corrected chi connectivity index (χ2v) is 1.92.